The van der Waals surface area contributed by atoms with Crippen LogP contribution in [0.25, 0.3) is 11.2 Å². The maximum atomic E-state index is 11.6. The summed E-state index contributed by atoms with van der Waals surface area (Å²) in [6.45, 7) is 4.03. The van der Waals surface area contributed by atoms with Gasteiger partial charge in [-0.1, -0.05) is 0 Å². The van der Waals surface area contributed by atoms with E-state index in [9.17, 15) is 4.79 Å². The highest BCUT2D eigenvalue weighted by molar-refractivity contribution is 5.70. The lowest BCUT2D eigenvalue weighted by atomic mass is 10.4. The minimum absolute atomic E-state index is 0.219. The Labute approximate surface area is 86.4 Å². The molecule has 0 saturated heterocycles. The van der Waals surface area contributed by atoms with Crippen LogP contribution in [0.2, 0.25) is 0 Å². The van der Waals surface area contributed by atoms with E-state index in [1.807, 2.05) is 18.4 Å². The van der Waals surface area contributed by atoms with Crippen molar-refractivity contribution in [1.29, 1.82) is 0 Å². The predicted octanol–water partition coefficient (Wildman–Crippen LogP) is 0.742. The molecule has 2 aromatic heterocycles. The molecule has 80 valence electrons. The second-order valence-electron chi connectivity index (χ2n) is 3.58. The predicted molar refractivity (Wildman–Crippen MR) is 58.1 cm³/mol. The van der Waals surface area contributed by atoms with E-state index >= 15 is 0 Å². The summed E-state index contributed by atoms with van der Waals surface area (Å²) in [4.78, 5) is 22.5. The molecule has 0 saturated carbocycles. The quantitative estimate of drug-likeness (QED) is 0.761. The van der Waals surface area contributed by atoms with Gasteiger partial charge in [0.2, 0.25) is 5.95 Å². The van der Waals surface area contributed by atoms with E-state index in [1.165, 1.54) is 0 Å². The summed E-state index contributed by atoms with van der Waals surface area (Å²) in [5, 5.41) is 2.81. The Balaban J connectivity index is 2.78. The molecule has 0 spiro atoms. The number of hydrogen-bond donors (Lipinski definition) is 2. The molecule has 2 heterocycles. The van der Waals surface area contributed by atoms with Crippen molar-refractivity contribution in [2.24, 2.45) is 0 Å². The third-order valence-electron chi connectivity index (χ3n) is 2.23. The molecule has 15 heavy (non-hydrogen) atoms. The highest BCUT2D eigenvalue weighted by Gasteiger charge is 2.10. The van der Waals surface area contributed by atoms with Crippen molar-refractivity contribution in [2.75, 3.05) is 12.4 Å². The van der Waals surface area contributed by atoms with Crippen LogP contribution in [0, 0.1) is 0 Å². The van der Waals surface area contributed by atoms with Crippen LogP contribution in [-0.4, -0.2) is 26.6 Å². The van der Waals surface area contributed by atoms with Crippen molar-refractivity contribution in [3.8, 4) is 0 Å². The number of imidazole rings is 1. The number of fused-ring (bicyclic) bond motifs is 1. The van der Waals surface area contributed by atoms with Gasteiger partial charge in [-0.2, -0.15) is 4.98 Å². The van der Waals surface area contributed by atoms with Gasteiger partial charge in [0.1, 0.15) is 0 Å². The topological polar surface area (TPSA) is 75.6 Å². The molecule has 2 N–H and O–H groups in total. The second kappa shape index (κ2) is 3.38. The number of nitrogens with one attached hydrogen (secondary N) is 2. The molecular weight excluding hydrogens is 194 g/mol. The molecule has 0 atom stereocenters. The Bertz CT molecular complexity index is 539. The van der Waals surface area contributed by atoms with Crippen LogP contribution in [0.5, 0.6) is 0 Å². The third kappa shape index (κ3) is 1.47. The lowest BCUT2D eigenvalue weighted by molar-refractivity contribution is 0.613. The molecule has 0 fully saturated rings. The summed E-state index contributed by atoms with van der Waals surface area (Å²) in [5.41, 5.74) is 0.768. The van der Waals surface area contributed by atoms with Crippen LogP contribution in [-0.2, 0) is 0 Å². The van der Waals surface area contributed by atoms with Crippen molar-refractivity contribution in [3.05, 3.63) is 16.7 Å². The average Bonchev–Trinajstić information content (AvgIpc) is 2.61. The molecule has 0 aliphatic heterocycles. The molecule has 0 unspecified atom stereocenters. The van der Waals surface area contributed by atoms with Crippen LogP contribution in [0.4, 0.5) is 5.95 Å². The lowest BCUT2D eigenvalue weighted by Gasteiger charge is -2.07. The molecule has 2 rings (SSSR count). The molecular formula is C9H13N5O. The third-order valence-corrected chi connectivity index (χ3v) is 2.23. The molecule has 0 aliphatic rings. The summed E-state index contributed by atoms with van der Waals surface area (Å²) in [7, 11) is 1.71. The maximum Gasteiger partial charge on any atom is 0.280 e. The van der Waals surface area contributed by atoms with E-state index in [0.29, 0.717) is 17.1 Å². The molecule has 0 bridgehead atoms. The fourth-order valence-corrected chi connectivity index (χ4v) is 1.42. The number of anilines is 1. The molecule has 6 heteroatoms. The summed E-state index contributed by atoms with van der Waals surface area (Å²) in [6.07, 6.45) is 1.64. The Kier molecular flexibility index (Phi) is 2.18. The Hall–Kier alpha value is -1.85. The van der Waals surface area contributed by atoms with Gasteiger partial charge in [-0.25, -0.2) is 4.98 Å². The largest absolute Gasteiger partial charge is 0.359 e. The number of rotatable bonds is 2. The van der Waals surface area contributed by atoms with Gasteiger partial charge in [-0.05, 0) is 13.8 Å². The zero-order valence-electron chi connectivity index (χ0n) is 8.90. The Morgan fingerprint density at radius 1 is 1.53 bits per heavy atom. The lowest BCUT2D eigenvalue weighted by Crippen LogP contribution is -2.12. The van der Waals surface area contributed by atoms with Crippen LogP contribution in [0.3, 0.4) is 0 Å². The summed E-state index contributed by atoms with van der Waals surface area (Å²) >= 11 is 0. The minimum atomic E-state index is -0.219. The normalized spacial score (nSPS) is 11.2. The smallest absolute Gasteiger partial charge is 0.280 e. The fourth-order valence-electron chi connectivity index (χ4n) is 1.42. The molecule has 0 aliphatic carbocycles. The van der Waals surface area contributed by atoms with E-state index in [2.05, 4.69) is 20.3 Å². The van der Waals surface area contributed by atoms with Crippen molar-refractivity contribution >= 4 is 17.1 Å². The summed E-state index contributed by atoms with van der Waals surface area (Å²) in [6, 6.07) is 0.231. The summed E-state index contributed by atoms with van der Waals surface area (Å²) in [5.74, 6) is 0.454. The Morgan fingerprint density at radius 3 is 2.87 bits per heavy atom. The first kappa shape index (κ1) is 9.70. The monoisotopic (exact) mass is 207 g/mol. The number of H-pyrrole nitrogens is 1. The number of aromatic amines is 1. The first-order valence-corrected chi connectivity index (χ1v) is 4.78. The highest BCUT2D eigenvalue weighted by atomic mass is 16.1. The van der Waals surface area contributed by atoms with Crippen LogP contribution in [0.1, 0.15) is 19.9 Å². The van der Waals surface area contributed by atoms with Gasteiger partial charge >= 0.3 is 0 Å². The van der Waals surface area contributed by atoms with Gasteiger partial charge in [0, 0.05) is 13.1 Å². The van der Waals surface area contributed by atoms with Crippen molar-refractivity contribution in [2.45, 2.75) is 19.9 Å². The van der Waals surface area contributed by atoms with Gasteiger partial charge in [0.05, 0.1) is 6.33 Å². The van der Waals surface area contributed by atoms with Gasteiger partial charge in [0.25, 0.3) is 5.56 Å². The minimum Gasteiger partial charge on any atom is -0.359 e. The van der Waals surface area contributed by atoms with E-state index in [4.69, 9.17) is 0 Å². The first-order chi connectivity index (χ1) is 7.13. The van der Waals surface area contributed by atoms with Gasteiger partial charge < -0.3 is 9.88 Å². The van der Waals surface area contributed by atoms with E-state index < -0.39 is 0 Å². The van der Waals surface area contributed by atoms with Gasteiger partial charge in [-0.15, -0.1) is 0 Å². The molecule has 2 aromatic rings. The average molecular weight is 207 g/mol. The van der Waals surface area contributed by atoms with E-state index in [-0.39, 0.29) is 11.6 Å². The first-order valence-electron chi connectivity index (χ1n) is 4.78. The maximum absolute atomic E-state index is 11.6. The number of nitrogens with zero attached hydrogens (tertiary/aromatic N) is 3. The van der Waals surface area contributed by atoms with Crippen molar-refractivity contribution < 1.29 is 0 Å². The molecule has 0 amide bonds. The number of aromatic nitrogens is 4. The zero-order chi connectivity index (χ0) is 11.0. The van der Waals surface area contributed by atoms with E-state index in [1.54, 1.807) is 13.4 Å². The molecule has 6 nitrogen and oxygen atoms in total. The fraction of sp³-hybridized carbons (Fsp3) is 0.444. The molecule has 0 radical (unpaired) electrons. The van der Waals surface area contributed by atoms with Gasteiger partial charge in [-0.3, -0.25) is 9.78 Å². The van der Waals surface area contributed by atoms with Gasteiger partial charge in [0.15, 0.2) is 11.2 Å². The van der Waals surface area contributed by atoms with Crippen LogP contribution in [0.15, 0.2) is 11.1 Å². The van der Waals surface area contributed by atoms with Crippen molar-refractivity contribution in [3.63, 3.8) is 0 Å². The van der Waals surface area contributed by atoms with Crippen molar-refractivity contribution in [1.82, 2.24) is 19.5 Å². The highest BCUT2D eigenvalue weighted by Crippen LogP contribution is 2.12. The number of hydrogen-bond acceptors (Lipinski definition) is 4. The zero-order valence-corrected chi connectivity index (χ0v) is 8.90. The standard InChI is InChI=1S/C9H13N5O/c1-5(2)14-4-11-6-7(14)12-9(10-3)13-8(6)15/h4-5H,1-3H3,(H2,10,12,13,15). The van der Waals surface area contributed by atoms with Crippen LogP contribution >= 0.6 is 0 Å². The SMILES string of the molecule is CNc1nc2c(ncn2C(C)C)c(=O)[nH]1. The Morgan fingerprint density at radius 2 is 2.27 bits per heavy atom. The van der Waals surface area contributed by atoms with E-state index in [0.717, 1.165) is 0 Å². The summed E-state index contributed by atoms with van der Waals surface area (Å²) < 4.78 is 1.87. The molecule has 0 aromatic carbocycles. The van der Waals surface area contributed by atoms with Crippen LogP contribution < -0.4 is 10.9 Å². The second-order valence-corrected chi connectivity index (χ2v) is 3.58.